The topological polar surface area (TPSA) is 110 Å². The highest BCUT2D eigenvalue weighted by molar-refractivity contribution is 14.1. The normalized spacial score (nSPS) is 11.9. The Morgan fingerprint density at radius 2 is 1.71 bits per heavy atom. The molecule has 2 N–H and O–H groups in total. The molecule has 162 valence electrons. The number of amides is 1. The van der Waals surface area contributed by atoms with Gasteiger partial charge in [-0.3, -0.25) is 9.35 Å². The molecule has 3 rings (SSSR count). The zero-order valence-corrected chi connectivity index (χ0v) is 18.5. The molecule has 0 fully saturated rings. The van der Waals surface area contributed by atoms with Crippen molar-refractivity contribution in [3.8, 4) is 5.75 Å². The molecule has 0 aliphatic carbocycles. The van der Waals surface area contributed by atoms with Crippen molar-refractivity contribution in [2.45, 2.75) is 5.25 Å². The Morgan fingerprint density at radius 1 is 1.03 bits per heavy atom. The Hall–Kier alpha value is -2.64. The standard InChI is InChI=1S/C20H14F2INO6S/c21-20(22,31(27,28)29)11-24-18(25)16-9-8-13(23)10-17(16)30-19(26)15-7-3-5-12-4-1-2-6-14(12)15/h1-10H,11H2,(H,24,25)(H,27,28,29). The Balaban J connectivity index is 1.88. The van der Waals surface area contributed by atoms with Gasteiger partial charge in [0.15, 0.2) is 0 Å². The van der Waals surface area contributed by atoms with Crippen molar-refractivity contribution in [2.75, 3.05) is 6.54 Å². The summed E-state index contributed by atoms with van der Waals surface area (Å²) in [6, 6.07) is 16.2. The average Bonchev–Trinajstić information content (AvgIpc) is 2.71. The van der Waals surface area contributed by atoms with Crippen LogP contribution in [0.1, 0.15) is 20.7 Å². The molecule has 11 heteroatoms. The molecule has 0 unspecified atom stereocenters. The number of carbonyl (C=O) groups excluding carboxylic acids is 2. The van der Waals surface area contributed by atoms with E-state index in [1.165, 1.54) is 18.2 Å². The fourth-order valence-corrected chi connectivity index (χ4v) is 3.41. The highest BCUT2D eigenvalue weighted by Gasteiger charge is 2.44. The lowest BCUT2D eigenvalue weighted by Crippen LogP contribution is -2.42. The van der Waals surface area contributed by atoms with Gasteiger partial charge in [0.1, 0.15) is 5.75 Å². The number of hydrogen-bond donors (Lipinski definition) is 2. The number of hydrogen-bond acceptors (Lipinski definition) is 5. The van der Waals surface area contributed by atoms with Gasteiger partial charge in [0.25, 0.3) is 5.91 Å². The van der Waals surface area contributed by atoms with E-state index in [2.05, 4.69) is 0 Å². The maximum atomic E-state index is 13.4. The van der Waals surface area contributed by atoms with Crippen LogP contribution in [0.15, 0.2) is 60.7 Å². The summed E-state index contributed by atoms with van der Waals surface area (Å²) in [5.41, 5.74) is -0.0265. The Bertz CT molecular complexity index is 1270. The number of fused-ring (bicyclic) bond motifs is 1. The minimum absolute atomic E-state index is 0.197. The maximum absolute atomic E-state index is 13.4. The van der Waals surface area contributed by atoms with Gasteiger partial charge >= 0.3 is 21.3 Å². The van der Waals surface area contributed by atoms with Crippen molar-refractivity contribution in [3.63, 3.8) is 0 Å². The zero-order chi connectivity index (χ0) is 22.8. The molecule has 0 spiro atoms. The summed E-state index contributed by atoms with van der Waals surface area (Å²) in [4.78, 5) is 25.1. The van der Waals surface area contributed by atoms with E-state index in [-0.39, 0.29) is 16.9 Å². The van der Waals surface area contributed by atoms with Gasteiger partial charge in [-0.1, -0.05) is 36.4 Å². The Morgan fingerprint density at radius 3 is 2.42 bits per heavy atom. The van der Waals surface area contributed by atoms with Crippen LogP contribution in [0.3, 0.4) is 0 Å². The van der Waals surface area contributed by atoms with E-state index in [0.29, 0.717) is 8.96 Å². The molecule has 0 saturated carbocycles. The van der Waals surface area contributed by atoms with Gasteiger partial charge in [-0.15, -0.1) is 0 Å². The first kappa shape index (κ1) is 23.0. The van der Waals surface area contributed by atoms with Crippen LogP contribution in [-0.4, -0.2) is 36.6 Å². The van der Waals surface area contributed by atoms with Crippen LogP contribution in [0.25, 0.3) is 10.8 Å². The number of halogens is 3. The summed E-state index contributed by atoms with van der Waals surface area (Å²) in [6.45, 7) is -1.66. The molecular weight excluding hydrogens is 547 g/mol. The molecule has 7 nitrogen and oxygen atoms in total. The third-order valence-corrected chi connectivity index (χ3v) is 5.80. The van der Waals surface area contributed by atoms with E-state index in [4.69, 9.17) is 9.29 Å². The predicted molar refractivity (Wildman–Crippen MR) is 117 cm³/mol. The summed E-state index contributed by atoms with van der Waals surface area (Å²) in [6.07, 6.45) is 0. The van der Waals surface area contributed by atoms with Crippen LogP contribution in [-0.2, 0) is 10.1 Å². The summed E-state index contributed by atoms with van der Waals surface area (Å²) in [5.74, 6) is -2.07. The van der Waals surface area contributed by atoms with E-state index in [1.807, 2.05) is 40.8 Å². The number of carbonyl (C=O) groups is 2. The predicted octanol–water partition coefficient (Wildman–Crippen LogP) is 3.87. The molecular formula is C20H14F2INO6S. The number of rotatable bonds is 6. The summed E-state index contributed by atoms with van der Waals surface area (Å²) in [5, 5.41) is -1.43. The Labute approximate surface area is 189 Å². The molecule has 1 amide bonds. The molecule has 0 radical (unpaired) electrons. The number of nitrogens with one attached hydrogen (secondary N) is 1. The average molecular weight is 561 g/mol. The molecule has 0 heterocycles. The SMILES string of the molecule is O=C(NCC(F)(F)S(=O)(=O)O)c1ccc(I)cc1OC(=O)c1cccc2ccccc12. The van der Waals surface area contributed by atoms with Crippen molar-refractivity contribution in [3.05, 3.63) is 75.4 Å². The van der Waals surface area contributed by atoms with E-state index in [9.17, 15) is 26.8 Å². The smallest absolute Gasteiger partial charge is 0.386 e. The lowest BCUT2D eigenvalue weighted by atomic mass is 10.0. The number of esters is 1. The zero-order valence-electron chi connectivity index (χ0n) is 15.5. The fraction of sp³-hybridized carbons (Fsp3) is 0.100. The molecule has 0 saturated heterocycles. The molecule has 3 aromatic rings. The van der Waals surface area contributed by atoms with Crippen molar-refractivity contribution >= 4 is 55.4 Å². The Kier molecular flexibility index (Phi) is 6.57. The lowest BCUT2D eigenvalue weighted by Gasteiger charge is -2.15. The minimum atomic E-state index is -5.71. The molecule has 0 aliphatic rings. The maximum Gasteiger partial charge on any atom is 0.386 e. The first-order valence-electron chi connectivity index (χ1n) is 8.62. The molecule has 31 heavy (non-hydrogen) atoms. The van der Waals surface area contributed by atoms with Gasteiger partial charge in [-0.2, -0.15) is 17.2 Å². The molecule has 0 aliphatic heterocycles. The fourth-order valence-electron chi connectivity index (χ4n) is 2.70. The van der Waals surface area contributed by atoms with Crippen LogP contribution in [0.2, 0.25) is 0 Å². The highest BCUT2D eigenvalue weighted by Crippen LogP contribution is 2.26. The van der Waals surface area contributed by atoms with E-state index >= 15 is 0 Å². The van der Waals surface area contributed by atoms with Gasteiger partial charge in [0, 0.05) is 3.57 Å². The van der Waals surface area contributed by atoms with Gasteiger partial charge < -0.3 is 10.1 Å². The second-order valence-corrected chi connectivity index (χ2v) is 9.14. The largest absolute Gasteiger partial charge is 0.422 e. The van der Waals surface area contributed by atoms with E-state index < -0.39 is 33.8 Å². The first-order valence-corrected chi connectivity index (χ1v) is 11.1. The van der Waals surface area contributed by atoms with Crippen molar-refractivity contribution in [1.29, 1.82) is 0 Å². The number of alkyl halides is 2. The van der Waals surface area contributed by atoms with Gasteiger partial charge in [0.2, 0.25) is 0 Å². The third-order valence-electron chi connectivity index (χ3n) is 4.23. The van der Waals surface area contributed by atoms with Crippen LogP contribution in [0.4, 0.5) is 8.78 Å². The van der Waals surface area contributed by atoms with Crippen molar-refractivity contribution in [1.82, 2.24) is 5.32 Å². The molecule has 0 atom stereocenters. The van der Waals surface area contributed by atoms with Crippen LogP contribution in [0, 0.1) is 3.57 Å². The van der Waals surface area contributed by atoms with Crippen LogP contribution in [0.5, 0.6) is 5.75 Å². The second kappa shape index (κ2) is 8.85. The van der Waals surface area contributed by atoms with E-state index in [0.717, 1.165) is 5.39 Å². The van der Waals surface area contributed by atoms with Gasteiger partial charge in [-0.05, 0) is 57.6 Å². The molecule has 0 bridgehead atoms. The summed E-state index contributed by atoms with van der Waals surface area (Å²) >= 11 is 1.91. The quantitative estimate of drug-likeness (QED) is 0.205. The number of benzene rings is 3. The summed E-state index contributed by atoms with van der Waals surface area (Å²) < 4.78 is 62.8. The van der Waals surface area contributed by atoms with Crippen molar-refractivity contribution in [2.24, 2.45) is 0 Å². The summed E-state index contributed by atoms with van der Waals surface area (Å²) in [7, 11) is -5.71. The highest BCUT2D eigenvalue weighted by atomic mass is 127. The second-order valence-electron chi connectivity index (χ2n) is 6.35. The van der Waals surface area contributed by atoms with Crippen LogP contribution < -0.4 is 10.1 Å². The minimum Gasteiger partial charge on any atom is -0.422 e. The van der Waals surface area contributed by atoms with Gasteiger partial charge in [-0.25, -0.2) is 4.79 Å². The first-order chi connectivity index (χ1) is 14.5. The van der Waals surface area contributed by atoms with Gasteiger partial charge in [0.05, 0.1) is 17.7 Å². The van der Waals surface area contributed by atoms with E-state index in [1.54, 1.807) is 29.6 Å². The third kappa shape index (κ3) is 5.17. The van der Waals surface area contributed by atoms with Crippen LogP contribution >= 0.6 is 22.6 Å². The number of ether oxygens (including phenoxy) is 1. The molecule has 0 aromatic heterocycles. The molecule has 3 aromatic carbocycles. The lowest BCUT2D eigenvalue weighted by molar-refractivity contribution is 0.0689. The van der Waals surface area contributed by atoms with Crippen molar-refractivity contribution < 1.29 is 36.1 Å². The monoisotopic (exact) mass is 561 g/mol.